The molecule has 19 heavy (non-hydrogen) atoms. The first-order valence-corrected chi connectivity index (χ1v) is 8.78. The lowest BCUT2D eigenvalue weighted by molar-refractivity contribution is 0.559. The van der Waals surface area contributed by atoms with E-state index < -0.39 is 0 Å². The molecule has 0 aliphatic carbocycles. The zero-order valence-corrected chi connectivity index (χ0v) is 13.1. The minimum atomic E-state index is 0.474. The summed E-state index contributed by atoms with van der Waals surface area (Å²) in [6.07, 6.45) is 6.58. The number of nitrogens with one attached hydrogen (secondary N) is 1. The summed E-state index contributed by atoms with van der Waals surface area (Å²) < 4.78 is 0. The van der Waals surface area contributed by atoms with Crippen molar-refractivity contribution < 1.29 is 0 Å². The Hall–Kier alpha value is -0.470. The standard InChI is InChI=1S/C17H27NS/c1-3-4-6-15-8-10-16(11-9-15)14(2)18-13-17-7-5-12-19-17/h8-11,14,17-18H,3-7,12-13H2,1-2H3. The molecule has 1 saturated heterocycles. The fourth-order valence-electron chi connectivity index (χ4n) is 2.59. The molecule has 0 radical (unpaired) electrons. The molecule has 2 unspecified atom stereocenters. The minimum Gasteiger partial charge on any atom is -0.309 e. The Bertz CT molecular complexity index is 354. The molecule has 1 nitrogen and oxygen atoms in total. The zero-order valence-electron chi connectivity index (χ0n) is 12.3. The van der Waals surface area contributed by atoms with E-state index in [0.717, 1.165) is 11.8 Å². The van der Waals surface area contributed by atoms with Crippen LogP contribution in [0.5, 0.6) is 0 Å². The summed E-state index contributed by atoms with van der Waals surface area (Å²) in [6.45, 7) is 5.69. The summed E-state index contributed by atoms with van der Waals surface area (Å²) in [5.41, 5.74) is 2.90. The van der Waals surface area contributed by atoms with Gasteiger partial charge >= 0.3 is 0 Å². The Balaban J connectivity index is 1.79. The van der Waals surface area contributed by atoms with E-state index in [4.69, 9.17) is 0 Å². The van der Waals surface area contributed by atoms with Gasteiger partial charge in [0, 0.05) is 17.8 Å². The van der Waals surface area contributed by atoms with E-state index in [1.165, 1.54) is 49.0 Å². The molecule has 0 spiro atoms. The van der Waals surface area contributed by atoms with Crippen LogP contribution in [0.25, 0.3) is 0 Å². The van der Waals surface area contributed by atoms with Gasteiger partial charge in [0.2, 0.25) is 0 Å². The highest BCUT2D eigenvalue weighted by molar-refractivity contribution is 8.00. The van der Waals surface area contributed by atoms with Gasteiger partial charge in [0.15, 0.2) is 0 Å². The molecule has 2 rings (SSSR count). The van der Waals surface area contributed by atoms with Gasteiger partial charge in [-0.05, 0) is 49.5 Å². The molecule has 1 heterocycles. The van der Waals surface area contributed by atoms with Crippen LogP contribution in [0.1, 0.15) is 56.7 Å². The monoisotopic (exact) mass is 277 g/mol. The predicted molar refractivity (Wildman–Crippen MR) is 87.0 cm³/mol. The normalized spacial score (nSPS) is 20.6. The quantitative estimate of drug-likeness (QED) is 0.783. The second-order valence-electron chi connectivity index (χ2n) is 5.61. The molecule has 1 aliphatic rings. The second-order valence-corrected chi connectivity index (χ2v) is 7.02. The van der Waals surface area contributed by atoms with Gasteiger partial charge in [0.05, 0.1) is 0 Å². The summed E-state index contributed by atoms with van der Waals surface area (Å²) in [4.78, 5) is 0. The minimum absolute atomic E-state index is 0.474. The fraction of sp³-hybridized carbons (Fsp3) is 0.647. The Morgan fingerprint density at radius 2 is 2.11 bits per heavy atom. The molecule has 0 saturated carbocycles. The van der Waals surface area contributed by atoms with E-state index in [0.29, 0.717) is 6.04 Å². The number of aryl methyl sites for hydroxylation is 1. The highest BCUT2D eigenvalue weighted by atomic mass is 32.2. The largest absolute Gasteiger partial charge is 0.309 e. The lowest BCUT2D eigenvalue weighted by Gasteiger charge is -2.17. The molecule has 0 bridgehead atoms. The van der Waals surface area contributed by atoms with E-state index >= 15 is 0 Å². The van der Waals surface area contributed by atoms with Crippen molar-refractivity contribution in [3.8, 4) is 0 Å². The maximum atomic E-state index is 3.68. The molecule has 0 amide bonds. The van der Waals surface area contributed by atoms with Gasteiger partial charge in [0.1, 0.15) is 0 Å². The Labute approximate surface area is 122 Å². The SMILES string of the molecule is CCCCc1ccc(C(C)NCC2CCCS2)cc1. The fourth-order valence-corrected chi connectivity index (χ4v) is 3.80. The molecule has 2 atom stereocenters. The van der Waals surface area contributed by atoms with Gasteiger partial charge in [-0.3, -0.25) is 0 Å². The maximum absolute atomic E-state index is 3.68. The van der Waals surface area contributed by atoms with Crippen LogP contribution in [0.4, 0.5) is 0 Å². The van der Waals surface area contributed by atoms with E-state index in [1.807, 2.05) is 0 Å². The third-order valence-corrected chi connectivity index (χ3v) is 5.37. The third kappa shape index (κ3) is 4.85. The number of hydrogen-bond acceptors (Lipinski definition) is 2. The van der Waals surface area contributed by atoms with Crippen LogP contribution in [0.15, 0.2) is 24.3 Å². The van der Waals surface area contributed by atoms with Crippen LogP contribution >= 0.6 is 11.8 Å². The number of rotatable bonds is 7. The van der Waals surface area contributed by atoms with Crippen LogP contribution in [0.3, 0.4) is 0 Å². The van der Waals surface area contributed by atoms with Crippen molar-refractivity contribution in [2.24, 2.45) is 0 Å². The first-order chi connectivity index (χ1) is 9.29. The number of hydrogen-bond donors (Lipinski definition) is 1. The molecule has 1 aromatic carbocycles. The molecular formula is C17H27NS. The van der Waals surface area contributed by atoms with E-state index in [1.54, 1.807) is 0 Å². The first kappa shape index (κ1) is 14.9. The summed E-state index contributed by atoms with van der Waals surface area (Å²) >= 11 is 2.13. The average Bonchev–Trinajstić information content (AvgIpc) is 2.96. The summed E-state index contributed by atoms with van der Waals surface area (Å²) in [7, 11) is 0. The van der Waals surface area contributed by atoms with Gasteiger partial charge in [-0.2, -0.15) is 11.8 Å². The second kappa shape index (κ2) is 7.96. The molecule has 1 aliphatic heterocycles. The van der Waals surface area contributed by atoms with Crippen molar-refractivity contribution >= 4 is 11.8 Å². The van der Waals surface area contributed by atoms with E-state index in [2.05, 4.69) is 55.2 Å². The van der Waals surface area contributed by atoms with Crippen molar-refractivity contribution in [2.45, 2.75) is 57.2 Å². The number of benzene rings is 1. The molecule has 0 aromatic heterocycles. The van der Waals surface area contributed by atoms with Crippen molar-refractivity contribution in [1.82, 2.24) is 5.32 Å². The highest BCUT2D eigenvalue weighted by Gasteiger charge is 2.16. The van der Waals surface area contributed by atoms with Gasteiger partial charge in [-0.15, -0.1) is 0 Å². The first-order valence-electron chi connectivity index (χ1n) is 7.73. The molecule has 106 valence electrons. The number of unbranched alkanes of at least 4 members (excludes halogenated alkanes) is 1. The van der Waals surface area contributed by atoms with Crippen LogP contribution in [0, 0.1) is 0 Å². The van der Waals surface area contributed by atoms with E-state index in [9.17, 15) is 0 Å². The third-order valence-electron chi connectivity index (χ3n) is 3.97. The molecule has 2 heteroatoms. The topological polar surface area (TPSA) is 12.0 Å². The van der Waals surface area contributed by atoms with Crippen molar-refractivity contribution in [3.05, 3.63) is 35.4 Å². The van der Waals surface area contributed by atoms with Gasteiger partial charge in [-0.1, -0.05) is 37.6 Å². The summed E-state index contributed by atoms with van der Waals surface area (Å²) in [6, 6.07) is 9.66. The van der Waals surface area contributed by atoms with Gasteiger partial charge in [-0.25, -0.2) is 0 Å². The molecule has 1 N–H and O–H groups in total. The lowest BCUT2D eigenvalue weighted by Crippen LogP contribution is -2.26. The van der Waals surface area contributed by atoms with Crippen molar-refractivity contribution in [2.75, 3.05) is 12.3 Å². The molecule has 1 aromatic rings. The highest BCUT2D eigenvalue weighted by Crippen LogP contribution is 2.26. The smallest absolute Gasteiger partial charge is 0.0292 e. The molecule has 1 fully saturated rings. The maximum Gasteiger partial charge on any atom is 0.0292 e. The summed E-state index contributed by atoms with van der Waals surface area (Å²) in [5.74, 6) is 1.35. The number of thioether (sulfide) groups is 1. The van der Waals surface area contributed by atoms with Gasteiger partial charge in [0.25, 0.3) is 0 Å². The van der Waals surface area contributed by atoms with Crippen molar-refractivity contribution in [3.63, 3.8) is 0 Å². The van der Waals surface area contributed by atoms with Crippen LogP contribution in [0.2, 0.25) is 0 Å². The Morgan fingerprint density at radius 1 is 1.32 bits per heavy atom. The Morgan fingerprint density at radius 3 is 2.74 bits per heavy atom. The lowest BCUT2D eigenvalue weighted by atomic mass is 10.0. The van der Waals surface area contributed by atoms with Crippen LogP contribution in [-0.2, 0) is 6.42 Å². The van der Waals surface area contributed by atoms with Crippen LogP contribution in [-0.4, -0.2) is 17.5 Å². The average molecular weight is 277 g/mol. The van der Waals surface area contributed by atoms with E-state index in [-0.39, 0.29) is 0 Å². The summed E-state index contributed by atoms with van der Waals surface area (Å²) in [5, 5.41) is 4.52. The molecular weight excluding hydrogens is 250 g/mol. The van der Waals surface area contributed by atoms with Crippen LogP contribution < -0.4 is 5.32 Å². The van der Waals surface area contributed by atoms with Crippen molar-refractivity contribution in [1.29, 1.82) is 0 Å². The Kier molecular flexibility index (Phi) is 6.25. The predicted octanol–water partition coefficient (Wildman–Crippen LogP) is 4.58. The van der Waals surface area contributed by atoms with Gasteiger partial charge < -0.3 is 5.32 Å². The zero-order chi connectivity index (χ0) is 13.5.